The lowest BCUT2D eigenvalue weighted by Gasteiger charge is -2.32. The maximum Gasteiger partial charge on any atom is 0.257 e. The highest BCUT2D eigenvalue weighted by Gasteiger charge is 2.24. The van der Waals surface area contributed by atoms with Gasteiger partial charge in [0.15, 0.2) is 18.2 Å². The summed E-state index contributed by atoms with van der Waals surface area (Å²) in [6, 6.07) is 9.49. The van der Waals surface area contributed by atoms with Crippen LogP contribution < -0.4 is 10.1 Å². The molecule has 0 atom stereocenters. The second kappa shape index (κ2) is 9.12. The van der Waals surface area contributed by atoms with E-state index in [0.29, 0.717) is 31.1 Å². The van der Waals surface area contributed by atoms with Crippen LogP contribution in [0.5, 0.6) is 5.75 Å². The van der Waals surface area contributed by atoms with E-state index < -0.39 is 5.82 Å². The van der Waals surface area contributed by atoms with Gasteiger partial charge in [0, 0.05) is 32.0 Å². The number of amides is 2. The number of ether oxygens (including phenoxy) is 1. The molecule has 1 aromatic heterocycles. The van der Waals surface area contributed by atoms with E-state index in [2.05, 4.69) is 10.3 Å². The predicted octanol–water partition coefficient (Wildman–Crippen LogP) is 2.27. The van der Waals surface area contributed by atoms with Gasteiger partial charge in [0.2, 0.25) is 0 Å². The van der Waals surface area contributed by atoms with Crippen molar-refractivity contribution in [2.75, 3.05) is 26.2 Å². The molecule has 2 aromatic rings. The van der Waals surface area contributed by atoms with E-state index in [1.165, 1.54) is 12.1 Å². The van der Waals surface area contributed by atoms with Crippen LogP contribution in [0.4, 0.5) is 4.39 Å². The van der Waals surface area contributed by atoms with Gasteiger partial charge in [-0.15, -0.1) is 0 Å². The molecule has 0 bridgehead atoms. The van der Waals surface area contributed by atoms with Crippen LogP contribution in [0.25, 0.3) is 0 Å². The molecule has 1 aliphatic heterocycles. The topological polar surface area (TPSA) is 71.5 Å². The number of benzene rings is 1. The van der Waals surface area contributed by atoms with Crippen molar-refractivity contribution < 1.29 is 18.7 Å². The Morgan fingerprint density at radius 2 is 1.96 bits per heavy atom. The van der Waals surface area contributed by atoms with Gasteiger partial charge in [0.05, 0.1) is 5.56 Å². The molecule has 142 valence electrons. The van der Waals surface area contributed by atoms with Crippen LogP contribution in [0.2, 0.25) is 0 Å². The number of carbonyl (C=O) groups is 2. The summed E-state index contributed by atoms with van der Waals surface area (Å²) in [5.41, 5.74) is 0.592. The molecule has 1 aromatic carbocycles. The SMILES string of the molecule is O=C(COc1ccccc1F)NCC1CCN(C(=O)c2cccnc2)CC1. The number of para-hydroxylation sites is 1. The molecular weight excluding hydrogens is 349 g/mol. The van der Waals surface area contributed by atoms with Crippen molar-refractivity contribution >= 4 is 11.8 Å². The van der Waals surface area contributed by atoms with Crippen LogP contribution in [0.15, 0.2) is 48.8 Å². The molecule has 1 saturated heterocycles. The molecule has 0 aliphatic carbocycles. The van der Waals surface area contributed by atoms with Gasteiger partial charge < -0.3 is 15.0 Å². The van der Waals surface area contributed by atoms with Crippen molar-refractivity contribution in [2.45, 2.75) is 12.8 Å². The molecule has 27 heavy (non-hydrogen) atoms. The molecule has 1 aliphatic rings. The first-order valence-corrected chi connectivity index (χ1v) is 8.97. The summed E-state index contributed by atoms with van der Waals surface area (Å²) in [6.45, 7) is 1.60. The molecule has 0 unspecified atom stereocenters. The third-order valence-electron chi connectivity index (χ3n) is 4.59. The average molecular weight is 371 g/mol. The van der Waals surface area contributed by atoms with E-state index >= 15 is 0 Å². The van der Waals surface area contributed by atoms with Crippen LogP contribution in [0.1, 0.15) is 23.2 Å². The molecular formula is C20H22FN3O3. The van der Waals surface area contributed by atoms with Crippen molar-refractivity contribution in [1.29, 1.82) is 0 Å². The minimum atomic E-state index is -0.490. The number of rotatable bonds is 6. The largest absolute Gasteiger partial charge is 0.481 e. The molecule has 1 fully saturated rings. The Kier molecular flexibility index (Phi) is 6.35. The number of carbonyl (C=O) groups excluding carboxylic acids is 2. The number of hydrogen-bond acceptors (Lipinski definition) is 4. The fraction of sp³-hybridized carbons (Fsp3) is 0.350. The second-order valence-corrected chi connectivity index (χ2v) is 6.50. The number of hydrogen-bond donors (Lipinski definition) is 1. The normalized spacial score (nSPS) is 14.6. The molecule has 6 nitrogen and oxygen atoms in total. The number of aromatic nitrogens is 1. The highest BCUT2D eigenvalue weighted by atomic mass is 19.1. The Morgan fingerprint density at radius 3 is 2.67 bits per heavy atom. The number of piperidine rings is 1. The summed E-state index contributed by atoms with van der Waals surface area (Å²) in [7, 11) is 0. The third-order valence-corrected chi connectivity index (χ3v) is 4.59. The maximum atomic E-state index is 13.4. The molecule has 2 amide bonds. The molecule has 0 saturated carbocycles. The number of pyridine rings is 1. The average Bonchev–Trinajstić information content (AvgIpc) is 2.72. The molecule has 0 spiro atoms. The monoisotopic (exact) mass is 371 g/mol. The minimum absolute atomic E-state index is 0.0103. The first kappa shape index (κ1) is 18.8. The van der Waals surface area contributed by atoms with Crippen LogP contribution in [-0.4, -0.2) is 47.9 Å². The predicted molar refractivity (Wildman–Crippen MR) is 97.8 cm³/mol. The quantitative estimate of drug-likeness (QED) is 0.846. The Bertz CT molecular complexity index is 777. The van der Waals surface area contributed by atoms with E-state index in [9.17, 15) is 14.0 Å². The summed E-state index contributed by atoms with van der Waals surface area (Å²) in [5, 5.41) is 2.82. The summed E-state index contributed by atoms with van der Waals surface area (Å²) in [6.07, 6.45) is 4.85. The van der Waals surface area contributed by atoms with Crippen LogP contribution in [0, 0.1) is 11.7 Å². The Hall–Kier alpha value is -2.96. The fourth-order valence-corrected chi connectivity index (χ4v) is 3.03. The number of halogens is 1. The van der Waals surface area contributed by atoms with Gasteiger partial charge in [0.1, 0.15) is 0 Å². The minimum Gasteiger partial charge on any atom is -0.481 e. The smallest absolute Gasteiger partial charge is 0.257 e. The number of nitrogens with one attached hydrogen (secondary N) is 1. The second-order valence-electron chi connectivity index (χ2n) is 6.50. The van der Waals surface area contributed by atoms with Crippen molar-refractivity contribution in [3.63, 3.8) is 0 Å². The van der Waals surface area contributed by atoms with Crippen molar-refractivity contribution in [3.8, 4) is 5.75 Å². The zero-order chi connectivity index (χ0) is 19.1. The van der Waals surface area contributed by atoms with Crippen molar-refractivity contribution in [1.82, 2.24) is 15.2 Å². The van der Waals surface area contributed by atoms with Crippen molar-refractivity contribution in [3.05, 3.63) is 60.2 Å². The summed E-state index contributed by atoms with van der Waals surface area (Å²) >= 11 is 0. The highest BCUT2D eigenvalue weighted by Crippen LogP contribution is 2.18. The first-order chi connectivity index (χ1) is 13.1. The summed E-state index contributed by atoms with van der Waals surface area (Å²) < 4.78 is 18.6. The van der Waals surface area contributed by atoms with Crippen LogP contribution in [0.3, 0.4) is 0 Å². The summed E-state index contributed by atoms with van der Waals surface area (Å²) in [4.78, 5) is 30.1. The maximum absolute atomic E-state index is 13.4. The number of nitrogens with zero attached hydrogens (tertiary/aromatic N) is 2. The van der Waals surface area contributed by atoms with Crippen molar-refractivity contribution in [2.24, 2.45) is 5.92 Å². The molecule has 3 rings (SSSR count). The standard InChI is InChI=1S/C20H22FN3O3/c21-17-5-1-2-6-18(17)27-14-19(25)23-12-15-7-10-24(11-8-15)20(26)16-4-3-9-22-13-16/h1-6,9,13,15H,7-8,10-12,14H2,(H,23,25). The van der Waals surface area contributed by atoms with Gasteiger partial charge in [-0.3, -0.25) is 14.6 Å². The Morgan fingerprint density at radius 1 is 1.19 bits per heavy atom. The molecule has 1 N–H and O–H groups in total. The van der Waals surface area contributed by atoms with Crippen LogP contribution >= 0.6 is 0 Å². The Labute approximate surface area is 157 Å². The van der Waals surface area contributed by atoms with Gasteiger partial charge >= 0.3 is 0 Å². The molecule has 2 heterocycles. The molecule has 0 radical (unpaired) electrons. The van der Waals surface area contributed by atoms with E-state index in [0.717, 1.165) is 12.8 Å². The lowest BCUT2D eigenvalue weighted by molar-refractivity contribution is -0.123. The lowest BCUT2D eigenvalue weighted by Crippen LogP contribution is -2.42. The van der Waals surface area contributed by atoms with E-state index in [-0.39, 0.29) is 24.2 Å². The number of likely N-dealkylation sites (tertiary alicyclic amines) is 1. The Balaban J connectivity index is 1.37. The zero-order valence-electron chi connectivity index (χ0n) is 14.9. The van der Waals surface area contributed by atoms with Gasteiger partial charge in [-0.05, 0) is 43.0 Å². The highest BCUT2D eigenvalue weighted by molar-refractivity contribution is 5.93. The first-order valence-electron chi connectivity index (χ1n) is 8.97. The van der Waals surface area contributed by atoms with Gasteiger partial charge in [0.25, 0.3) is 11.8 Å². The van der Waals surface area contributed by atoms with E-state index in [1.807, 2.05) is 4.90 Å². The van der Waals surface area contributed by atoms with E-state index in [1.54, 1.807) is 36.7 Å². The zero-order valence-corrected chi connectivity index (χ0v) is 14.9. The van der Waals surface area contributed by atoms with Gasteiger partial charge in [-0.2, -0.15) is 0 Å². The van der Waals surface area contributed by atoms with Gasteiger partial charge in [-0.1, -0.05) is 12.1 Å². The van der Waals surface area contributed by atoms with Crippen LogP contribution in [-0.2, 0) is 4.79 Å². The lowest BCUT2D eigenvalue weighted by atomic mass is 9.96. The van der Waals surface area contributed by atoms with Gasteiger partial charge in [-0.25, -0.2) is 4.39 Å². The third kappa shape index (κ3) is 5.26. The molecule has 7 heteroatoms. The summed E-state index contributed by atoms with van der Waals surface area (Å²) in [5.74, 6) is -0.415. The fourth-order valence-electron chi connectivity index (χ4n) is 3.03. The van der Waals surface area contributed by atoms with E-state index in [4.69, 9.17) is 4.74 Å².